The molecule has 0 aromatic heterocycles. The summed E-state index contributed by atoms with van der Waals surface area (Å²) in [6, 6.07) is 7.84. The molecule has 0 saturated carbocycles. The number of hydrogen-bond acceptors (Lipinski definition) is 3. The fraction of sp³-hybridized carbons (Fsp3) is 0.600. The summed E-state index contributed by atoms with van der Waals surface area (Å²) in [5.74, 6) is 0.395. The summed E-state index contributed by atoms with van der Waals surface area (Å²) in [7, 11) is 0. The summed E-state index contributed by atoms with van der Waals surface area (Å²) < 4.78 is 6.01. The van der Waals surface area contributed by atoms with Gasteiger partial charge in [0, 0.05) is 17.5 Å². The minimum absolute atomic E-state index is 0.0380. The van der Waals surface area contributed by atoms with E-state index in [2.05, 4.69) is 18.3 Å². The first-order valence-electron chi connectivity index (χ1n) is 6.88. The van der Waals surface area contributed by atoms with Crippen LogP contribution >= 0.6 is 11.6 Å². The highest BCUT2D eigenvalue weighted by atomic mass is 35.5. The van der Waals surface area contributed by atoms with Crippen molar-refractivity contribution in [1.82, 2.24) is 5.32 Å². The van der Waals surface area contributed by atoms with Crippen LogP contribution in [0.5, 0.6) is 0 Å². The molecular weight excluding hydrogens is 262 g/mol. The number of nitrogens with one attached hydrogen (secondary N) is 1. The number of benzene rings is 1. The number of halogens is 1. The Morgan fingerprint density at radius 1 is 1.53 bits per heavy atom. The third kappa shape index (κ3) is 3.48. The van der Waals surface area contributed by atoms with Crippen LogP contribution in [0.25, 0.3) is 0 Å². The first kappa shape index (κ1) is 14.8. The topological polar surface area (TPSA) is 41.5 Å². The molecule has 2 atom stereocenters. The summed E-state index contributed by atoms with van der Waals surface area (Å²) in [5.41, 5.74) is 0.684. The lowest BCUT2D eigenvalue weighted by atomic mass is 9.78. The van der Waals surface area contributed by atoms with Crippen LogP contribution in [0.1, 0.15) is 25.3 Å². The molecule has 106 valence electrons. The summed E-state index contributed by atoms with van der Waals surface area (Å²) in [5, 5.41) is 13.2. The molecule has 0 radical (unpaired) electrons. The lowest BCUT2D eigenvalue weighted by molar-refractivity contribution is -0.0949. The molecule has 1 unspecified atom stereocenters. The second kappa shape index (κ2) is 6.71. The monoisotopic (exact) mass is 283 g/mol. The van der Waals surface area contributed by atoms with Gasteiger partial charge in [-0.1, -0.05) is 23.7 Å². The van der Waals surface area contributed by atoms with Gasteiger partial charge in [-0.25, -0.2) is 0 Å². The van der Waals surface area contributed by atoms with Gasteiger partial charge in [-0.15, -0.1) is 0 Å². The molecule has 1 aromatic carbocycles. The van der Waals surface area contributed by atoms with E-state index in [4.69, 9.17) is 21.4 Å². The van der Waals surface area contributed by atoms with Crippen molar-refractivity contribution in [3.05, 3.63) is 34.9 Å². The highest BCUT2D eigenvalue weighted by molar-refractivity contribution is 6.30. The van der Waals surface area contributed by atoms with E-state index >= 15 is 0 Å². The molecule has 1 saturated heterocycles. The quantitative estimate of drug-likeness (QED) is 0.873. The van der Waals surface area contributed by atoms with Crippen LogP contribution in [0.4, 0.5) is 0 Å². The van der Waals surface area contributed by atoms with Crippen molar-refractivity contribution >= 4 is 11.6 Å². The molecule has 2 rings (SSSR count). The van der Waals surface area contributed by atoms with E-state index in [1.807, 2.05) is 18.2 Å². The first-order valence-corrected chi connectivity index (χ1v) is 7.26. The minimum Gasteiger partial charge on any atom is -0.394 e. The van der Waals surface area contributed by atoms with Crippen molar-refractivity contribution in [2.24, 2.45) is 5.92 Å². The smallest absolute Gasteiger partial charge is 0.0945 e. The van der Waals surface area contributed by atoms with Crippen LogP contribution in [-0.2, 0) is 10.3 Å². The molecule has 1 aliphatic rings. The average Bonchev–Trinajstić information content (AvgIpc) is 2.45. The van der Waals surface area contributed by atoms with Gasteiger partial charge in [0.05, 0.1) is 18.8 Å². The zero-order valence-electron chi connectivity index (χ0n) is 11.4. The third-order valence-corrected chi connectivity index (χ3v) is 4.20. The Kier molecular flexibility index (Phi) is 5.22. The average molecular weight is 284 g/mol. The maximum absolute atomic E-state index is 9.06. The number of aliphatic hydroxyl groups excluding tert-OH is 1. The maximum atomic E-state index is 9.06. The molecular formula is C15H22ClNO2. The molecule has 0 amide bonds. The fourth-order valence-electron chi connectivity index (χ4n) is 2.81. The SMILES string of the molecule is C[C@](OCCO)(c1cccc(Cl)c1)C1CCCNC1. The number of aliphatic hydroxyl groups is 1. The van der Waals surface area contributed by atoms with Gasteiger partial charge in [-0.2, -0.15) is 0 Å². The van der Waals surface area contributed by atoms with E-state index < -0.39 is 5.60 Å². The third-order valence-electron chi connectivity index (χ3n) is 3.97. The van der Waals surface area contributed by atoms with E-state index in [0.29, 0.717) is 12.5 Å². The lowest BCUT2D eigenvalue weighted by Gasteiger charge is -2.40. The Labute approximate surface area is 119 Å². The van der Waals surface area contributed by atoms with Gasteiger partial charge in [-0.05, 0) is 44.0 Å². The van der Waals surface area contributed by atoms with Crippen LogP contribution in [0.2, 0.25) is 5.02 Å². The fourth-order valence-corrected chi connectivity index (χ4v) is 3.00. The van der Waals surface area contributed by atoms with Crippen LogP contribution in [-0.4, -0.2) is 31.4 Å². The van der Waals surface area contributed by atoms with Crippen molar-refractivity contribution in [2.45, 2.75) is 25.4 Å². The van der Waals surface area contributed by atoms with Gasteiger partial charge in [0.15, 0.2) is 0 Å². The molecule has 0 spiro atoms. The minimum atomic E-state index is -0.402. The van der Waals surface area contributed by atoms with Crippen LogP contribution < -0.4 is 5.32 Å². The molecule has 4 heteroatoms. The Morgan fingerprint density at radius 3 is 3.00 bits per heavy atom. The van der Waals surface area contributed by atoms with Crippen molar-refractivity contribution in [3.8, 4) is 0 Å². The van der Waals surface area contributed by atoms with Crippen molar-refractivity contribution < 1.29 is 9.84 Å². The van der Waals surface area contributed by atoms with Crippen LogP contribution in [0, 0.1) is 5.92 Å². The molecule has 1 aliphatic heterocycles. The van der Waals surface area contributed by atoms with Crippen molar-refractivity contribution in [2.75, 3.05) is 26.3 Å². The second-order valence-corrected chi connectivity index (χ2v) is 5.67. The van der Waals surface area contributed by atoms with Gasteiger partial charge < -0.3 is 15.2 Å². The number of ether oxygens (including phenoxy) is 1. The summed E-state index contributed by atoms with van der Waals surface area (Å²) in [6.07, 6.45) is 2.28. The highest BCUT2D eigenvalue weighted by Gasteiger charge is 2.37. The van der Waals surface area contributed by atoms with Crippen LogP contribution in [0.15, 0.2) is 24.3 Å². The van der Waals surface area contributed by atoms with Crippen LogP contribution in [0.3, 0.4) is 0 Å². The van der Waals surface area contributed by atoms with E-state index in [1.165, 1.54) is 0 Å². The lowest BCUT2D eigenvalue weighted by Crippen LogP contribution is -2.44. The maximum Gasteiger partial charge on any atom is 0.0945 e. The molecule has 2 N–H and O–H groups in total. The normalized spacial score (nSPS) is 23.0. The molecule has 19 heavy (non-hydrogen) atoms. The zero-order valence-corrected chi connectivity index (χ0v) is 12.1. The van der Waals surface area contributed by atoms with Gasteiger partial charge in [0.2, 0.25) is 0 Å². The Morgan fingerprint density at radius 2 is 2.37 bits per heavy atom. The Balaban J connectivity index is 2.27. The van der Waals surface area contributed by atoms with E-state index in [-0.39, 0.29) is 6.61 Å². The number of rotatable bonds is 5. The van der Waals surface area contributed by atoms with Crippen molar-refractivity contribution in [3.63, 3.8) is 0 Å². The van der Waals surface area contributed by atoms with E-state index in [0.717, 1.165) is 36.5 Å². The van der Waals surface area contributed by atoms with Gasteiger partial charge in [-0.3, -0.25) is 0 Å². The number of piperidine rings is 1. The molecule has 1 aromatic rings. The van der Waals surface area contributed by atoms with Gasteiger partial charge in [0.1, 0.15) is 0 Å². The zero-order chi connectivity index (χ0) is 13.7. The van der Waals surface area contributed by atoms with Gasteiger partial charge in [0.25, 0.3) is 0 Å². The van der Waals surface area contributed by atoms with Crippen molar-refractivity contribution in [1.29, 1.82) is 0 Å². The molecule has 1 heterocycles. The Bertz CT molecular complexity index is 407. The number of hydrogen-bond donors (Lipinski definition) is 2. The predicted octanol–water partition coefficient (Wildman–Crippen LogP) is 2.56. The molecule has 0 bridgehead atoms. The summed E-state index contributed by atoms with van der Waals surface area (Å²) in [6.45, 7) is 4.50. The predicted molar refractivity (Wildman–Crippen MR) is 77.4 cm³/mol. The Hall–Kier alpha value is -0.610. The molecule has 0 aliphatic carbocycles. The van der Waals surface area contributed by atoms with Gasteiger partial charge >= 0.3 is 0 Å². The molecule has 1 fully saturated rings. The van der Waals surface area contributed by atoms with E-state index in [1.54, 1.807) is 0 Å². The highest BCUT2D eigenvalue weighted by Crippen LogP contribution is 2.37. The van der Waals surface area contributed by atoms with E-state index in [9.17, 15) is 0 Å². The molecule has 3 nitrogen and oxygen atoms in total. The largest absolute Gasteiger partial charge is 0.394 e. The first-order chi connectivity index (χ1) is 9.16. The standard InChI is InChI=1S/C15H22ClNO2/c1-15(19-9-8-18,13-5-3-7-17-11-13)12-4-2-6-14(16)10-12/h2,4,6,10,13,17-18H,3,5,7-9,11H2,1H3/t13?,15-/m0/s1. The summed E-state index contributed by atoms with van der Waals surface area (Å²) in [4.78, 5) is 0. The second-order valence-electron chi connectivity index (χ2n) is 5.23. The summed E-state index contributed by atoms with van der Waals surface area (Å²) >= 11 is 6.10.